The van der Waals surface area contributed by atoms with Crippen molar-refractivity contribution in [3.05, 3.63) is 58.1 Å². The lowest BCUT2D eigenvalue weighted by atomic mass is 10.0. The van der Waals surface area contributed by atoms with Gasteiger partial charge in [0.15, 0.2) is 11.9 Å². The summed E-state index contributed by atoms with van der Waals surface area (Å²) in [6.45, 7) is 7.32. The maximum absolute atomic E-state index is 13.1. The summed E-state index contributed by atoms with van der Waals surface area (Å²) < 4.78 is 5.77. The number of carbonyl (C=O) groups is 2. The topological polar surface area (TPSA) is 102 Å². The molecule has 0 aliphatic carbocycles. The average molecular weight is 411 g/mol. The van der Waals surface area contributed by atoms with Crippen LogP contribution in [0.1, 0.15) is 33.3 Å². The fourth-order valence-electron chi connectivity index (χ4n) is 3.36. The van der Waals surface area contributed by atoms with Crippen LogP contribution in [0.3, 0.4) is 0 Å². The van der Waals surface area contributed by atoms with Crippen LogP contribution >= 0.6 is 0 Å². The number of hydrogen-bond acceptors (Lipinski definition) is 5. The molecule has 1 aliphatic rings. The molecule has 158 valence electrons. The Kier molecular flexibility index (Phi) is 6.05. The number of fused-ring (bicyclic) bond motifs is 1. The number of non-ortho nitro benzene ring substituents is 1. The predicted octanol–water partition coefficient (Wildman–Crippen LogP) is 3.93. The van der Waals surface area contributed by atoms with Gasteiger partial charge in [-0.05, 0) is 43.0 Å². The Labute approximate surface area is 175 Å². The molecule has 0 radical (unpaired) electrons. The molecule has 0 fully saturated rings. The molecule has 1 heterocycles. The molecule has 3 rings (SSSR count). The number of nitrogens with zero attached hydrogens (tertiary/aromatic N) is 2. The normalized spacial score (nSPS) is 16.6. The van der Waals surface area contributed by atoms with Crippen molar-refractivity contribution >= 4 is 28.9 Å². The number of anilines is 2. The fourth-order valence-corrected chi connectivity index (χ4v) is 3.36. The number of nitro benzene ring substituents is 1. The highest BCUT2D eigenvalue weighted by Gasteiger charge is 2.41. The molecular formula is C22H25N3O5. The lowest BCUT2D eigenvalue weighted by Crippen LogP contribution is -2.55. The van der Waals surface area contributed by atoms with Crippen LogP contribution in [-0.2, 0) is 16.0 Å². The van der Waals surface area contributed by atoms with E-state index >= 15 is 0 Å². The van der Waals surface area contributed by atoms with Gasteiger partial charge in [-0.15, -0.1) is 0 Å². The third-order valence-electron chi connectivity index (χ3n) is 5.15. The molecule has 2 aromatic carbocycles. The molecule has 0 aromatic heterocycles. The SMILES string of the molecule is CCc1ccc(NC(=O)C(C)N2C(=O)C(C(C)C)Oc3cc([N+](=O)[O-])ccc32)cc1. The Morgan fingerprint density at radius 3 is 2.43 bits per heavy atom. The maximum atomic E-state index is 13.1. The monoisotopic (exact) mass is 411 g/mol. The van der Waals surface area contributed by atoms with Crippen LogP contribution in [0.5, 0.6) is 5.75 Å². The molecule has 1 aliphatic heterocycles. The molecular weight excluding hydrogens is 386 g/mol. The van der Waals surface area contributed by atoms with E-state index in [2.05, 4.69) is 5.32 Å². The molecule has 1 N–H and O–H groups in total. The summed E-state index contributed by atoms with van der Waals surface area (Å²) in [6, 6.07) is 10.7. The van der Waals surface area contributed by atoms with E-state index in [1.165, 1.54) is 23.1 Å². The zero-order valence-electron chi connectivity index (χ0n) is 17.4. The second-order valence-electron chi connectivity index (χ2n) is 7.62. The summed E-state index contributed by atoms with van der Waals surface area (Å²) in [4.78, 5) is 38.0. The van der Waals surface area contributed by atoms with Crippen LogP contribution in [-0.4, -0.2) is 28.9 Å². The second-order valence-corrected chi connectivity index (χ2v) is 7.62. The van der Waals surface area contributed by atoms with Crippen LogP contribution in [0.4, 0.5) is 17.1 Å². The first-order valence-corrected chi connectivity index (χ1v) is 9.91. The van der Waals surface area contributed by atoms with Crippen molar-refractivity contribution in [1.82, 2.24) is 0 Å². The van der Waals surface area contributed by atoms with Gasteiger partial charge in [0.2, 0.25) is 5.91 Å². The molecule has 30 heavy (non-hydrogen) atoms. The Bertz CT molecular complexity index is 971. The molecule has 2 atom stereocenters. The number of rotatable bonds is 6. The summed E-state index contributed by atoms with van der Waals surface area (Å²) >= 11 is 0. The zero-order chi connectivity index (χ0) is 22.0. The summed E-state index contributed by atoms with van der Waals surface area (Å²) in [5, 5.41) is 14.0. The van der Waals surface area contributed by atoms with E-state index in [1.807, 2.05) is 45.0 Å². The van der Waals surface area contributed by atoms with Crippen molar-refractivity contribution in [3.8, 4) is 5.75 Å². The number of hydrogen-bond donors (Lipinski definition) is 1. The minimum absolute atomic E-state index is 0.140. The lowest BCUT2D eigenvalue weighted by molar-refractivity contribution is -0.384. The van der Waals surface area contributed by atoms with Gasteiger partial charge in [-0.2, -0.15) is 0 Å². The minimum atomic E-state index is -0.839. The van der Waals surface area contributed by atoms with E-state index in [9.17, 15) is 19.7 Å². The number of aryl methyl sites for hydroxylation is 1. The lowest BCUT2D eigenvalue weighted by Gasteiger charge is -2.38. The van der Waals surface area contributed by atoms with Gasteiger partial charge in [0.25, 0.3) is 11.6 Å². The van der Waals surface area contributed by atoms with Gasteiger partial charge < -0.3 is 10.1 Å². The van der Waals surface area contributed by atoms with Crippen molar-refractivity contribution in [1.29, 1.82) is 0 Å². The maximum Gasteiger partial charge on any atom is 0.273 e. The van der Waals surface area contributed by atoms with Crippen LogP contribution in [0.25, 0.3) is 0 Å². The van der Waals surface area contributed by atoms with E-state index in [1.54, 1.807) is 6.92 Å². The van der Waals surface area contributed by atoms with E-state index in [0.29, 0.717) is 11.4 Å². The number of nitro groups is 1. The highest BCUT2D eigenvalue weighted by molar-refractivity contribution is 6.08. The first kappa shape index (κ1) is 21.3. The summed E-state index contributed by atoms with van der Waals surface area (Å²) in [6.07, 6.45) is 0.0606. The van der Waals surface area contributed by atoms with E-state index in [0.717, 1.165) is 12.0 Å². The van der Waals surface area contributed by atoms with Gasteiger partial charge in [0.05, 0.1) is 16.7 Å². The number of nitrogens with one attached hydrogen (secondary N) is 1. The van der Waals surface area contributed by atoms with Gasteiger partial charge in [-0.25, -0.2) is 0 Å². The molecule has 8 heteroatoms. The number of carbonyl (C=O) groups excluding carboxylic acids is 2. The largest absolute Gasteiger partial charge is 0.478 e. The van der Waals surface area contributed by atoms with Crippen molar-refractivity contribution in [2.75, 3.05) is 10.2 Å². The molecule has 2 amide bonds. The van der Waals surface area contributed by atoms with E-state index < -0.39 is 17.1 Å². The Morgan fingerprint density at radius 1 is 1.20 bits per heavy atom. The Balaban J connectivity index is 1.92. The molecule has 0 saturated carbocycles. The molecule has 0 bridgehead atoms. The first-order valence-electron chi connectivity index (χ1n) is 9.91. The Hall–Kier alpha value is -3.42. The highest BCUT2D eigenvalue weighted by Crippen LogP contribution is 2.39. The van der Waals surface area contributed by atoms with Gasteiger partial charge in [-0.1, -0.05) is 32.9 Å². The smallest absolute Gasteiger partial charge is 0.273 e. The van der Waals surface area contributed by atoms with Crippen LogP contribution in [0.2, 0.25) is 0 Å². The zero-order valence-corrected chi connectivity index (χ0v) is 17.4. The molecule has 8 nitrogen and oxygen atoms in total. The number of amides is 2. The standard InChI is InChI=1S/C22H25N3O5/c1-5-15-6-8-16(9-7-15)23-21(26)14(4)24-18-11-10-17(25(28)29)12-19(18)30-20(13(2)3)22(24)27/h6-14,20H,5H2,1-4H3,(H,23,26). The third kappa shape index (κ3) is 4.12. The molecule has 2 aromatic rings. The molecule has 0 spiro atoms. The average Bonchev–Trinajstić information content (AvgIpc) is 2.72. The summed E-state index contributed by atoms with van der Waals surface area (Å²) in [5.74, 6) is -0.671. The quantitative estimate of drug-likeness (QED) is 0.573. The van der Waals surface area contributed by atoms with Gasteiger partial charge in [0, 0.05) is 11.8 Å². The van der Waals surface area contributed by atoms with Crippen LogP contribution in [0, 0.1) is 16.0 Å². The van der Waals surface area contributed by atoms with Crippen LogP contribution < -0.4 is 15.0 Å². The molecule has 2 unspecified atom stereocenters. The predicted molar refractivity (Wildman–Crippen MR) is 114 cm³/mol. The molecule has 0 saturated heterocycles. The number of ether oxygens (including phenoxy) is 1. The Morgan fingerprint density at radius 2 is 1.87 bits per heavy atom. The van der Waals surface area contributed by atoms with Gasteiger partial charge >= 0.3 is 0 Å². The van der Waals surface area contributed by atoms with Crippen LogP contribution in [0.15, 0.2) is 42.5 Å². The second kappa shape index (κ2) is 8.52. The minimum Gasteiger partial charge on any atom is -0.478 e. The van der Waals surface area contributed by atoms with Gasteiger partial charge in [0.1, 0.15) is 6.04 Å². The van der Waals surface area contributed by atoms with Crippen molar-refractivity contribution in [3.63, 3.8) is 0 Å². The van der Waals surface area contributed by atoms with Crippen molar-refractivity contribution < 1.29 is 19.2 Å². The summed E-state index contributed by atoms with van der Waals surface area (Å²) in [5.41, 5.74) is 1.99. The number of benzene rings is 2. The van der Waals surface area contributed by atoms with Gasteiger partial charge in [-0.3, -0.25) is 24.6 Å². The fraction of sp³-hybridized carbons (Fsp3) is 0.364. The van der Waals surface area contributed by atoms with Crippen molar-refractivity contribution in [2.24, 2.45) is 5.92 Å². The highest BCUT2D eigenvalue weighted by atomic mass is 16.6. The van der Waals surface area contributed by atoms with E-state index in [4.69, 9.17) is 4.74 Å². The first-order chi connectivity index (χ1) is 14.2. The summed E-state index contributed by atoms with van der Waals surface area (Å²) in [7, 11) is 0. The van der Waals surface area contributed by atoms with E-state index in [-0.39, 0.29) is 29.2 Å². The third-order valence-corrected chi connectivity index (χ3v) is 5.15. The van der Waals surface area contributed by atoms with Crippen molar-refractivity contribution in [2.45, 2.75) is 46.3 Å².